The number of anilines is 1. The number of nitrogens with zero attached hydrogens (tertiary/aromatic N) is 2. The molecule has 7 heteroatoms. The number of aromatic amines is 1. The molecular weight excluding hydrogens is 432 g/mol. The minimum atomic E-state index is -0.0743. The SMILES string of the molecule is CC(CCOc1nc2ccccc2s1)c1cn[nH]c1NC(=O)Cc1cccc2ccccc12. The number of carbonyl (C=O) groups excluding carboxylic acids is 1. The van der Waals surface area contributed by atoms with E-state index in [0.29, 0.717) is 24.0 Å². The van der Waals surface area contributed by atoms with Gasteiger partial charge in [-0.2, -0.15) is 5.10 Å². The highest BCUT2D eigenvalue weighted by Crippen LogP contribution is 2.29. The predicted molar refractivity (Wildman–Crippen MR) is 133 cm³/mol. The maximum Gasteiger partial charge on any atom is 0.274 e. The molecule has 0 radical (unpaired) electrons. The van der Waals surface area contributed by atoms with Gasteiger partial charge in [0.25, 0.3) is 5.19 Å². The molecule has 2 aromatic heterocycles. The van der Waals surface area contributed by atoms with E-state index in [0.717, 1.165) is 38.5 Å². The second kappa shape index (κ2) is 9.42. The molecular formula is C26H24N4O2S. The van der Waals surface area contributed by atoms with Crippen molar-refractivity contribution in [3.8, 4) is 5.19 Å². The molecule has 5 rings (SSSR count). The van der Waals surface area contributed by atoms with Crippen molar-refractivity contribution in [1.82, 2.24) is 15.2 Å². The van der Waals surface area contributed by atoms with Crippen LogP contribution in [0.1, 0.15) is 30.4 Å². The molecule has 33 heavy (non-hydrogen) atoms. The van der Waals surface area contributed by atoms with Gasteiger partial charge in [-0.15, -0.1) is 0 Å². The number of rotatable bonds is 8. The van der Waals surface area contributed by atoms with Crippen LogP contribution in [0.15, 0.2) is 72.9 Å². The van der Waals surface area contributed by atoms with Crippen LogP contribution in [0.4, 0.5) is 5.82 Å². The number of H-pyrrole nitrogens is 1. The molecule has 166 valence electrons. The van der Waals surface area contributed by atoms with Crippen LogP contribution >= 0.6 is 11.3 Å². The Kier molecular flexibility index (Phi) is 6.04. The van der Waals surface area contributed by atoms with Crippen LogP contribution in [-0.4, -0.2) is 27.7 Å². The van der Waals surface area contributed by atoms with Gasteiger partial charge < -0.3 is 10.1 Å². The van der Waals surface area contributed by atoms with Gasteiger partial charge in [0.15, 0.2) is 0 Å². The number of hydrogen-bond donors (Lipinski definition) is 2. The summed E-state index contributed by atoms with van der Waals surface area (Å²) in [6.45, 7) is 2.64. The van der Waals surface area contributed by atoms with Gasteiger partial charge in [-0.1, -0.05) is 72.9 Å². The average Bonchev–Trinajstić information content (AvgIpc) is 3.45. The minimum absolute atomic E-state index is 0.0743. The van der Waals surface area contributed by atoms with E-state index in [2.05, 4.69) is 39.6 Å². The summed E-state index contributed by atoms with van der Waals surface area (Å²) in [6.07, 6.45) is 2.85. The van der Waals surface area contributed by atoms with Gasteiger partial charge in [-0.05, 0) is 40.8 Å². The Balaban J connectivity index is 1.19. The van der Waals surface area contributed by atoms with Crippen LogP contribution in [0.5, 0.6) is 5.19 Å². The number of ether oxygens (including phenoxy) is 1. The van der Waals surface area contributed by atoms with Gasteiger partial charge in [0.05, 0.1) is 29.4 Å². The number of hydrogen-bond acceptors (Lipinski definition) is 5. The van der Waals surface area contributed by atoms with E-state index >= 15 is 0 Å². The molecule has 1 amide bonds. The van der Waals surface area contributed by atoms with Gasteiger partial charge in [-0.25, -0.2) is 4.98 Å². The van der Waals surface area contributed by atoms with E-state index in [1.54, 1.807) is 17.5 Å². The predicted octanol–water partition coefficient (Wildman–Crippen LogP) is 5.93. The van der Waals surface area contributed by atoms with Crippen LogP contribution in [-0.2, 0) is 11.2 Å². The minimum Gasteiger partial charge on any atom is -0.470 e. The molecule has 5 aromatic rings. The first-order valence-electron chi connectivity index (χ1n) is 11.0. The second-order valence-corrected chi connectivity index (χ2v) is 9.04. The zero-order valence-corrected chi connectivity index (χ0v) is 19.1. The topological polar surface area (TPSA) is 79.9 Å². The van der Waals surface area contributed by atoms with Gasteiger partial charge in [0, 0.05) is 5.56 Å². The normalized spacial score (nSPS) is 12.2. The third kappa shape index (κ3) is 4.73. The van der Waals surface area contributed by atoms with E-state index in [-0.39, 0.29) is 11.8 Å². The number of carbonyl (C=O) groups is 1. The Morgan fingerprint density at radius 3 is 2.82 bits per heavy atom. The second-order valence-electron chi connectivity index (χ2n) is 8.05. The molecule has 0 saturated carbocycles. The Morgan fingerprint density at radius 2 is 1.91 bits per heavy atom. The highest BCUT2D eigenvalue weighted by atomic mass is 32.1. The lowest BCUT2D eigenvalue weighted by molar-refractivity contribution is -0.115. The van der Waals surface area contributed by atoms with Crippen molar-refractivity contribution in [2.45, 2.75) is 25.7 Å². The first-order chi connectivity index (χ1) is 16.2. The fourth-order valence-electron chi connectivity index (χ4n) is 3.96. The lowest BCUT2D eigenvalue weighted by Gasteiger charge is -2.13. The summed E-state index contributed by atoms with van der Waals surface area (Å²) in [5.41, 5.74) is 2.93. The summed E-state index contributed by atoms with van der Waals surface area (Å²) >= 11 is 1.55. The molecule has 0 spiro atoms. The third-order valence-corrected chi connectivity index (χ3v) is 6.69. The zero-order valence-electron chi connectivity index (χ0n) is 18.2. The Morgan fingerprint density at radius 1 is 1.09 bits per heavy atom. The fourth-order valence-corrected chi connectivity index (χ4v) is 4.80. The smallest absolute Gasteiger partial charge is 0.274 e. The molecule has 3 aromatic carbocycles. The molecule has 6 nitrogen and oxygen atoms in total. The number of amides is 1. The van der Waals surface area contributed by atoms with Crippen LogP contribution in [0, 0.1) is 0 Å². The molecule has 0 aliphatic heterocycles. The number of para-hydroxylation sites is 1. The number of thiazole rings is 1. The van der Waals surface area contributed by atoms with Crippen molar-refractivity contribution >= 4 is 44.1 Å². The first-order valence-corrected chi connectivity index (χ1v) is 11.8. The van der Waals surface area contributed by atoms with E-state index in [9.17, 15) is 4.79 Å². The van der Waals surface area contributed by atoms with Crippen molar-refractivity contribution in [2.24, 2.45) is 0 Å². The monoisotopic (exact) mass is 456 g/mol. The zero-order chi connectivity index (χ0) is 22.6. The Bertz CT molecular complexity index is 1370. The van der Waals surface area contributed by atoms with Crippen LogP contribution < -0.4 is 10.1 Å². The van der Waals surface area contributed by atoms with Gasteiger partial charge in [0.1, 0.15) is 5.82 Å². The Hall–Kier alpha value is -3.71. The molecule has 2 N–H and O–H groups in total. The summed E-state index contributed by atoms with van der Waals surface area (Å²) in [7, 11) is 0. The van der Waals surface area contributed by atoms with Crippen molar-refractivity contribution in [2.75, 3.05) is 11.9 Å². The lowest BCUT2D eigenvalue weighted by Crippen LogP contribution is -2.16. The number of nitrogens with one attached hydrogen (secondary N) is 2. The number of fused-ring (bicyclic) bond motifs is 2. The van der Waals surface area contributed by atoms with E-state index in [1.165, 1.54) is 0 Å². The van der Waals surface area contributed by atoms with Crippen molar-refractivity contribution in [1.29, 1.82) is 0 Å². The van der Waals surface area contributed by atoms with Crippen molar-refractivity contribution < 1.29 is 9.53 Å². The van der Waals surface area contributed by atoms with Crippen LogP contribution in [0.3, 0.4) is 0 Å². The van der Waals surface area contributed by atoms with Crippen molar-refractivity contribution in [3.05, 3.63) is 84.1 Å². The van der Waals surface area contributed by atoms with E-state index in [4.69, 9.17) is 4.74 Å². The quantitative estimate of drug-likeness (QED) is 0.303. The highest BCUT2D eigenvalue weighted by molar-refractivity contribution is 7.20. The van der Waals surface area contributed by atoms with E-state index < -0.39 is 0 Å². The summed E-state index contributed by atoms with van der Waals surface area (Å²) in [5, 5.41) is 13.0. The molecule has 0 bridgehead atoms. The molecule has 0 aliphatic rings. The lowest BCUT2D eigenvalue weighted by atomic mass is 10.00. The van der Waals surface area contributed by atoms with Gasteiger partial charge in [0.2, 0.25) is 5.91 Å². The molecule has 2 heterocycles. The maximum absolute atomic E-state index is 12.8. The maximum atomic E-state index is 12.8. The summed E-state index contributed by atoms with van der Waals surface area (Å²) < 4.78 is 7.01. The average molecular weight is 457 g/mol. The molecule has 0 aliphatic carbocycles. The molecule has 0 fully saturated rings. The third-order valence-electron chi connectivity index (χ3n) is 5.75. The summed E-state index contributed by atoms with van der Waals surface area (Å²) in [5.74, 6) is 0.730. The van der Waals surface area contributed by atoms with Crippen LogP contribution in [0.25, 0.3) is 21.0 Å². The number of benzene rings is 3. The highest BCUT2D eigenvalue weighted by Gasteiger charge is 2.16. The van der Waals surface area contributed by atoms with Gasteiger partial charge in [-0.3, -0.25) is 9.89 Å². The van der Waals surface area contributed by atoms with Crippen LogP contribution in [0.2, 0.25) is 0 Å². The standard InChI is InChI=1S/C26H24N4O2S/c1-17(13-14-32-26-28-22-11-4-5-12-23(22)33-26)21-16-27-30-25(21)29-24(31)15-19-9-6-8-18-7-2-3-10-20(18)19/h2-12,16-17H,13-15H2,1H3,(H2,27,29,30,31). The molecule has 1 unspecified atom stereocenters. The fraction of sp³-hybridized carbons (Fsp3) is 0.192. The first kappa shape index (κ1) is 21.2. The van der Waals surface area contributed by atoms with E-state index in [1.807, 2.05) is 54.6 Å². The van der Waals surface area contributed by atoms with Crippen molar-refractivity contribution in [3.63, 3.8) is 0 Å². The molecule has 0 saturated heterocycles. The summed E-state index contributed by atoms with van der Waals surface area (Å²) in [6, 6.07) is 22.2. The largest absolute Gasteiger partial charge is 0.470 e. The Labute approximate surface area is 195 Å². The number of aromatic nitrogens is 3. The van der Waals surface area contributed by atoms with Gasteiger partial charge >= 0.3 is 0 Å². The summed E-state index contributed by atoms with van der Waals surface area (Å²) in [4.78, 5) is 17.3. The molecule has 1 atom stereocenters.